The maximum absolute atomic E-state index is 5.20. The van der Waals surface area contributed by atoms with Crippen LogP contribution in [-0.2, 0) is 0 Å². The summed E-state index contributed by atoms with van der Waals surface area (Å²) in [6, 6.07) is 16.9. The molecule has 1 N–H and O–H groups in total. The van der Waals surface area contributed by atoms with Gasteiger partial charge in [0.2, 0.25) is 0 Å². The molecule has 0 aliphatic heterocycles. The average Bonchev–Trinajstić information content (AvgIpc) is 2.61. The van der Waals surface area contributed by atoms with Crippen molar-refractivity contribution in [1.82, 2.24) is 0 Å². The highest BCUT2D eigenvalue weighted by molar-refractivity contribution is 5.66. The molecule has 0 radical (unpaired) electrons. The SMILES string of the molecule is COc1ccc(-c2ccc(NCC3CCCCC3)cc2)cc1. The molecular formula is C20H25NO. The molecule has 1 fully saturated rings. The van der Waals surface area contributed by atoms with Gasteiger partial charge in [-0.25, -0.2) is 0 Å². The van der Waals surface area contributed by atoms with Crippen molar-refractivity contribution < 1.29 is 4.74 Å². The van der Waals surface area contributed by atoms with Gasteiger partial charge in [-0.2, -0.15) is 0 Å². The summed E-state index contributed by atoms with van der Waals surface area (Å²) in [6.07, 6.45) is 7.01. The fraction of sp³-hybridized carbons (Fsp3) is 0.400. The standard InChI is InChI=1S/C20H25NO/c1-22-20-13-9-18(10-14-20)17-7-11-19(12-8-17)21-15-16-5-3-2-4-6-16/h7-14,16,21H,2-6,15H2,1H3. The number of hydrogen-bond acceptors (Lipinski definition) is 2. The predicted octanol–water partition coefficient (Wildman–Crippen LogP) is 5.35. The summed E-state index contributed by atoms with van der Waals surface area (Å²) >= 11 is 0. The summed E-state index contributed by atoms with van der Waals surface area (Å²) in [4.78, 5) is 0. The number of anilines is 1. The first kappa shape index (κ1) is 15.0. The summed E-state index contributed by atoms with van der Waals surface area (Å²) in [5.41, 5.74) is 3.69. The first-order valence-electron chi connectivity index (χ1n) is 8.33. The van der Waals surface area contributed by atoms with Crippen LogP contribution in [0.5, 0.6) is 5.75 Å². The minimum Gasteiger partial charge on any atom is -0.497 e. The summed E-state index contributed by atoms with van der Waals surface area (Å²) < 4.78 is 5.20. The lowest BCUT2D eigenvalue weighted by molar-refractivity contribution is 0.373. The van der Waals surface area contributed by atoms with E-state index in [1.54, 1.807) is 7.11 Å². The smallest absolute Gasteiger partial charge is 0.118 e. The van der Waals surface area contributed by atoms with Gasteiger partial charge in [-0.15, -0.1) is 0 Å². The van der Waals surface area contributed by atoms with Gasteiger partial charge in [0, 0.05) is 12.2 Å². The van der Waals surface area contributed by atoms with E-state index in [1.807, 2.05) is 12.1 Å². The zero-order valence-corrected chi connectivity index (χ0v) is 13.3. The maximum Gasteiger partial charge on any atom is 0.118 e. The second kappa shape index (κ2) is 7.35. The molecule has 2 nitrogen and oxygen atoms in total. The van der Waals surface area contributed by atoms with E-state index in [0.29, 0.717) is 0 Å². The van der Waals surface area contributed by atoms with Crippen molar-refractivity contribution in [2.75, 3.05) is 19.0 Å². The Labute approximate surface area is 133 Å². The van der Waals surface area contributed by atoms with Crippen LogP contribution in [0.4, 0.5) is 5.69 Å². The molecule has 0 saturated heterocycles. The average molecular weight is 295 g/mol. The third kappa shape index (κ3) is 3.82. The van der Waals surface area contributed by atoms with E-state index >= 15 is 0 Å². The van der Waals surface area contributed by atoms with Crippen molar-refractivity contribution in [3.8, 4) is 16.9 Å². The van der Waals surface area contributed by atoms with Crippen molar-refractivity contribution in [2.24, 2.45) is 5.92 Å². The molecular weight excluding hydrogens is 270 g/mol. The van der Waals surface area contributed by atoms with E-state index in [0.717, 1.165) is 18.2 Å². The van der Waals surface area contributed by atoms with Gasteiger partial charge in [0.25, 0.3) is 0 Å². The Morgan fingerprint density at radius 3 is 2.05 bits per heavy atom. The molecule has 22 heavy (non-hydrogen) atoms. The molecule has 0 aromatic heterocycles. The molecule has 2 heteroatoms. The van der Waals surface area contributed by atoms with Crippen LogP contribution in [0.25, 0.3) is 11.1 Å². The van der Waals surface area contributed by atoms with E-state index in [1.165, 1.54) is 48.9 Å². The lowest BCUT2D eigenvalue weighted by Gasteiger charge is -2.22. The van der Waals surface area contributed by atoms with E-state index in [9.17, 15) is 0 Å². The second-order valence-electron chi connectivity index (χ2n) is 6.19. The van der Waals surface area contributed by atoms with Gasteiger partial charge in [-0.1, -0.05) is 43.5 Å². The first-order chi connectivity index (χ1) is 10.8. The molecule has 3 rings (SSSR count). The Morgan fingerprint density at radius 2 is 1.45 bits per heavy atom. The molecule has 0 unspecified atom stereocenters. The van der Waals surface area contributed by atoms with E-state index in [2.05, 4.69) is 41.7 Å². The van der Waals surface area contributed by atoms with Gasteiger partial charge in [-0.3, -0.25) is 0 Å². The Balaban J connectivity index is 1.59. The highest BCUT2D eigenvalue weighted by Gasteiger charge is 2.12. The van der Waals surface area contributed by atoms with E-state index in [-0.39, 0.29) is 0 Å². The summed E-state index contributed by atoms with van der Waals surface area (Å²) in [7, 11) is 1.70. The first-order valence-corrected chi connectivity index (χ1v) is 8.33. The Bertz CT molecular complexity index is 568. The normalized spacial score (nSPS) is 15.5. The molecule has 1 saturated carbocycles. The number of methoxy groups -OCH3 is 1. The fourth-order valence-corrected chi connectivity index (χ4v) is 3.22. The van der Waals surface area contributed by atoms with Crippen LogP contribution < -0.4 is 10.1 Å². The molecule has 0 amide bonds. The molecule has 116 valence electrons. The topological polar surface area (TPSA) is 21.3 Å². The van der Waals surface area contributed by atoms with Crippen LogP contribution in [0.3, 0.4) is 0 Å². The largest absolute Gasteiger partial charge is 0.497 e. The number of ether oxygens (including phenoxy) is 1. The van der Waals surface area contributed by atoms with Crippen LogP contribution >= 0.6 is 0 Å². The van der Waals surface area contributed by atoms with Gasteiger partial charge in [0.1, 0.15) is 5.75 Å². The molecule has 1 aliphatic rings. The predicted molar refractivity (Wildman–Crippen MR) is 93.5 cm³/mol. The van der Waals surface area contributed by atoms with Crippen LogP contribution in [-0.4, -0.2) is 13.7 Å². The molecule has 0 atom stereocenters. The number of hydrogen-bond donors (Lipinski definition) is 1. The quantitative estimate of drug-likeness (QED) is 0.802. The third-order valence-electron chi connectivity index (χ3n) is 4.63. The molecule has 2 aromatic carbocycles. The molecule has 1 aliphatic carbocycles. The Morgan fingerprint density at radius 1 is 0.864 bits per heavy atom. The zero-order chi connectivity index (χ0) is 15.2. The Hall–Kier alpha value is -1.96. The van der Waals surface area contributed by atoms with Crippen molar-refractivity contribution in [3.63, 3.8) is 0 Å². The van der Waals surface area contributed by atoms with Crippen LogP contribution in [0, 0.1) is 5.92 Å². The van der Waals surface area contributed by atoms with E-state index < -0.39 is 0 Å². The van der Waals surface area contributed by atoms with Crippen LogP contribution in [0.15, 0.2) is 48.5 Å². The summed E-state index contributed by atoms with van der Waals surface area (Å²) in [5.74, 6) is 1.75. The number of benzene rings is 2. The van der Waals surface area contributed by atoms with Crippen molar-refractivity contribution in [2.45, 2.75) is 32.1 Å². The second-order valence-corrected chi connectivity index (χ2v) is 6.19. The molecule has 0 heterocycles. The summed E-state index contributed by atoms with van der Waals surface area (Å²) in [5, 5.41) is 3.59. The number of nitrogens with one attached hydrogen (secondary N) is 1. The molecule has 0 spiro atoms. The fourth-order valence-electron chi connectivity index (χ4n) is 3.22. The highest BCUT2D eigenvalue weighted by atomic mass is 16.5. The molecule has 0 bridgehead atoms. The minimum absolute atomic E-state index is 0.856. The van der Waals surface area contributed by atoms with Gasteiger partial charge >= 0.3 is 0 Å². The van der Waals surface area contributed by atoms with Gasteiger partial charge in [0.05, 0.1) is 7.11 Å². The lowest BCUT2D eigenvalue weighted by Crippen LogP contribution is -2.16. The zero-order valence-electron chi connectivity index (χ0n) is 13.3. The van der Waals surface area contributed by atoms with Crippen molar-refractivity contribution in [1.29, 1.82) is 0 Å². The maximum atomic E-state index is 5.20. The summed E-state index contributed by atoms with van der Waals surface area (Å²) in [6.45, 7) is 1.11. The van der Waals surface area contributed by atoms with Crippen molar-refractivity contribution in [3.05, 3.63) is 48.5 Å². The van der Waals surface area contributed by atoms with Gasteiger partial charge < -0.3 is 10.1 Å². The monoisotopic (exact) mass is 295 g/mol. The Kier molecular flexibility index (Phi) is 4.99. The van der Waals surface area contributed by atoms with Crippen LogP contribution in [0.2, 0.25) is 0 Å². The van der Waals surface area contributed by atoms with Crippen molar-refractivity contribution >= 4 is 5.69 Å². The van der Waals surface area contributed by atoms with Crippen LogP contribution in [0.1, 0.15) is 32.1 Å². The van der Waals surface area contributed by atoms with E-state index in [4.69, 9.17) is 4.74 Å². The third-order valence-corrected chi connectivity index (χ3v) is 4.63. The van der Waals surface area contributed by atoms with Gasteiger partial charge in [-0.05, 0) is 54.2 Å². The highest BCUT2D eigenvalue weighted by Crippen LogP contribution is 2.26. The lowest BCUT2D eigenvalue weighted by atomic mass is 9.89. The molecule has 2 aromatic rings. The van der Waals surface area contributed by atoms with Gasteiger partial charge in [0.15, 0.2) is 0 Å². The minimum atomic E-state index is 0.856. The number of rotatable bonds is 5.